The third-order valence-electron chi connectivity index (χ3n) is 3.96. The highest BCUT2D eigenvalue weighted by atomic mass is 16.3. The van der Waals surface area contributed by atoms with Crippen LogP contribution in [-0.2, 0) is 19.4 Å². The maximum Gasteiger partial charge on any atom is 0.162 e. The lowest BCUT2D eigenvalue weighted by molar-refractivity contribution is 0.400. The third-order valence-corrected chi connectivity index (χ3v) is 3.96. The first-order valence-electron chi connectivity index (χ1n) is 7.10. The lowest BCUT2D eigenvalue weighted by Gasteiger charge is -2.20. The van der Waals surface area contributed by atoms with Crippen molar-refractivity contribution >= 4 is 5.69 Å². The van der Waals surface area contributed by atoms with Crippen LogP contribution in [0.4, 0.5) is 5.69 Å². The molecular weight excluding hydrogens is 250 g/mol. The van der Waals surface area contributed by atoms with Crippen LogP contribution in [0, 0.1) is 0 Å². The summed E-state index contributed by atoms with van der Waals surface area (Å²) in [5.41, 5.74) is 4.68. The first-order chi connectivity index (χ1) is 9.75. The molecule has 0 heterocycles. The Morgan fingerprint density at radius 1 is 0.950 bits per heavy atom. The first kappa shape index (κ1) is 12.9. The van der Waals surface area contributed by atoms with E-state index in [9.17, 15) is 10.2 Å². The van der Waals surface area contributed by atoms with Gasteiger partial charge in [-0.2, -0.15) is 0 Å². The summed E-state index contributed by atoms with van der Waals surface area (Å²) >= 11 is 0. The van der Waals surface area contributed by atoms with E-state index in [1.54, 1.807) is 6.07 Å². The molecule has 0 amide bonds. The standard InChI is InChI=1S/C17H19NO2/c19-16-10-4-7-13(17(16)20)11-18-15-9-3-6-12-5-1-2-8-14(12)15/h3-4,6-7,9-10,18-20H,1-2,5,8,11H2. The lowest BCUT2D eigenvalue weighted by atomic mass is 9.90. The minimum Gasteiger partial charge on any atom is -0.504 e. The Balaban J connectivity index is 1.80. The van der Waals surface area contributed by atoms with Crippen LogP contribution in [0.15, 0.2) is 36.4 Å². The van der Waals surface area contributed by atoms with E-state index >= 15 is 0 Å². The van der Waals surface area contributed by atoms with E-state index in [0.717, 1.165) is 18.5 Å². The number of hydrogen-bond donors (Lipinski definition) is 3. The SMILES string of the molecule is Oc1cccc(CNc2cccc3c2CCCC3)c1O. The lowest BCUT2D eigenvalue weighted by Crippen LogP contribution is -2.08. The summed E-state index contributed by atoms with van der Waals surface area (Å²) in [5.74, 6) is -0.107. The van der Waals surface area contributed by atoms with Crippen LogP contribution in [0.1, 0.15) is 29.5 Å². The minimum absolute atomic E-state index is 0.0372. The number of phenols is 2. The molecule has 0 aliphatic heterocycles. The van der Waals surface area contributed by atoms with Gasteiger partial charge < -0.3 is 15.5 Å². The van der Waals surface area contributed by atoms with Gasteiger partial charge in [0.25, 0.3) is 0 Å². The van der Waals surface area contributed by atoms with Gasteiger partial charge in [0.15, 0.2) is 11.5 Å². The largest absolute Gasteiger partial charge is 0.504 e. The zero-order valence-electron chi connectivity index (χ0n) is 11.4. The number of aromatic hydroxyl groups is 2. The molecule has 0 atom stereocenters. The molecule has 0 spiro atoms. The van der Waals surface area contributed by atoms with Gasteiger partial charge in [-0.05, 0) is 48.9 Å². The summed E-state index contributed by atoms with van der Waals surface area (Å²) < 4.78 is 0. The Hall–Kier alpha value is -2.16. The molecule has 0 radical (unpaired) electrons. The predicted molar refractivity (Wildman–Crippen MR) is 80.2 cm³/mol. The number of rotatable bonds is 3. The molecule has 3 heteroatoms. The zero-order valence-corrected chi connectivity index (χ0v) is 11.4. The summed E-state index contributed by atoms with van der Waals surface area (Å²) in [6, 6.07) is 11.4. The van der Waals surface area contributed by atoms with Crippen LogP contribution >= 0.6 is 0 Å². The zero-order chi connectivity index (χ0) is 13.9. The number of para-hydroxylation sites is 1. The molecule has 2 aromatic carbocycles. The Morgan fingerprint density at radius 2 is 1.75 bits per heavy atom. The Kier molecular flexibility index (Phi) is 3.50. The molecule has 0 saturated heterocycles. The Labute approximate surface area is 118 Å². The molecule has 2 aromatic rings. The monoisotopic (exact) mass is 269 g/mol. The van der Waals surface area contributed by atoms with Crippen LogP contribution in [0.2, 0.25) is 0 Å². The van der Waals surface area contributed by atoms with Crippen LogP contribution in [0.5, 0.6) is 11.5 Å². The molecule has 1 aliphatic carbocycles. The van der Waals surface area contributed by atoms with E-state index < -0.39 is 0 Å². The molecule has 0 bridgehead atoms. The van der Waals surface area contributed by atoms with Crippen LogP contribution in [0.3, 0.4) is 0 Å². The van der Waals surface area contributed by atoms with Crippen molar-refractivity contribution in [3.05, 3.63) is 53.1 Å². The van der Waals surface area contributed by atoms with Gasteiger partial charge in [0.05, 0.1) is 0 Å². The number of fused-ring (bicyclic) bond motifs is 1. The fourth-order valence-corrected chi connectivity index (χ4v) is 2.86. The Bertz CT molecular complexity index is 622. The molecule has 3 nitrogen and oxygen atoms in total. The second-order valence-electron chi connectivity index (χ2n) is 5.29. The van der Waals surface area contributed by atoms with Crippen LogP contribution in [0.25, 0.3) is 0 Å². The number of phenolic OH excluding ortho intramolecular Hbond substituents is 2. The molecule has 0 fully saturated rings. The average molecular weight is 269 g/mol. The maximum absolute atomic E-state index is 9.82. The summed E-state index contributed by atoms with van der Waals surface area (Å²) in [5, 5.41) is 22.7. The van der Waals surface area contributed by atoms with E-state index in [4.69, 9.17) is 0 Å². The number of hydrogen-bond acceptors (Lipinski definition) is 3. The maximum atomic E-state index is 9.82. The first-order valence-corrected chi connectivity index (χ1v) is 7.10. The molecule has 3 rings (SSSR count). The van der Waals surface area contributed by atoms with Gasteiger partial charge in [-0.1, -0.05) is 24.3 Å². The van der Waals surface area contributed by atoms with Crippen LogP contribution < -0.4 is 5.32 Å². The highest BCUT2D eigenvalue weighted by Gasteiger charge is 2.13. The quantitative estimate of drug-likeness (QED) is 0.746. The molecule has 0 aromatic heterocycles. The number of nitrogens with one attached hydrogen (secondary N) is 1. The summed E-state index contributed by atoms with van der Waals surface area (Å²) in [4.78, 5) is 0. The summed E-state index contributed by atoms with van der Waals surface area (Å²) in [6.07, 6.45) is 4.78. The molecule has 3 N–H and O–H groups in total. The van der Waals surface area contributed by atoms with Crippen molar-refractivity contribution in [3.8, 4) is 11.5 Å². The van der Waals surface area contributed by atoms with Crippen molar-refractivity contribution in [1.29, 1.82) is 0 Å². The van der Waals surface area contributed by atoms with Crippen molar-refractivity contribution in [2.24, 2.45) is 0 Å². The predicted octanol–water partition coefficient (Wildman–Crippen LogP) is 3.59. The van der Waals surface area contributed by atoms with E-state index in [1.807, 2.05) is 6.07 Å². The van der Waals surface area contributed by atoms with Crippen molar-refractivity contribution in [2.45, 2.75) is 32.2 Å². The van der Waals surface area contributed by atoms with Crippen molar-refractivity contribution in [2.75, 3.05) is 5.32 Å². The topological polar surface area (TPSA) is 52.5 Å². The fourth-order valence-electron chi connectivity index (χ4n) is 2.86. The third kappa shape index (κ3) is 2.44. The van der Waals surface area contributed by atoms with E-state index in [1.165, 1.54) is 30.0 Å². The summed E-state index contributed by atoms with van der Waals surface area (Å²) in [7, 11) is 0. The molecule has 1 aliphatic rings. The van der Waals surface area contributed by atoms with Gasteiger partial charge >= 0.3 is 0 Å². The second kappa shape index (κ2) is 5.45. The van der Waals surface area contributed by atoms with Gasteiger partial charge in [-0.15, -0.1) is 0 Å². The number of benzene rings is 2. The molecule has 0 unspecified atom stereocenters. The molecular formula is C17H19NO2. The Morgan fingerprint density at radius 3 is 2.65 bits per heavy atom. The van der Waals surface area contributed by atoms with Gasteiger partial charge in [0.2, 0.25) is 0 Å². The molecule has 0 saturated carbocycles. The highest BCUT2D eigenvalue weighted by Crippen LogP contribution is 2.31. The highest BCUT2D eigenvalue weighted by molar-refractivity contribution is 5.56. The van der Waals surface area contributed by atoms with E-state index in [2.05, 4.69) is 23.5 Å². The van der Waals surface area contributed by atoms with E-state index in [0.29, 0.717) is 12.1 Å². The van der Waals surface area contributed by atoms with Crippen molar-refractivity contribution in [1.82, 2.24) is 0 Å². The summed E-state index contributed by atoms with van der Waals surface area (Å²) in [6.45, 7) is 0.511. The van der Waals surface area contributed by atoms with E-state index in [-0.39, 0.29) is 11.5 Å². The number of aryl methyl sites for hydroxylation is 1. The van der Waals surface area contributed by atoms with Crippen molar-refractivity contribution in [3.63, 3.8) is 0 Å². The van der Waals surface area contributed by atoms with Gasteiger partial charge in [0, 0.05) is 17.8 Å². The fraction of sp³-hybridized carbons (Fsp3) is 0.294. The normalized spacial score (nSPS) is 13.8. The van der Waals surface area contributed by atoms with Gasteiger partial charge in [0.1, 0.15) is 0 Å². The average Bonchev–Trinajstić information content (AvgIpc) is 2.49. The van der Waals surface area contributed by atoms with Crippen LogP contribution in [-0.4, -0.2) is 10.2 Å². The minimum atomic E-state index is -0.0700. The van der Waals surface area contributed by atoms with Crippen molar-refractivity contribution < 1.29 is 10.2 Å². The molecule has 104 valence electrons. The molecule has 20 heavy (non-hydrogen) atoms. The van der Waals surface area contributed by atoms with Gasteiger partial charge in [-0.25, -0.2) is 0 Å². The number of anilines is 1. The smallest absolute Gasteiger partial charge is 0.162 e. The second-order valence-corrected chi connectivity index (χ2v) is 5.29. The van der Waals surface area contributed by atoms with Gasteiger partial charge in [-0.3, -0.25) is 0 Å².